The largest absolute Gasteiger partial charge is 0.309 e. The molecule has 2 heterocycles. The molecule has 1 fully saturated rings. The van der Waals surface area contributed by atoms with Crippen LogP contribution in [-0.4, -0.2) is 20.4 Å². The number of rotatable bonds is 6. The number of carbonyl (C=O) groups excluding carboxylic acids is 1. The molecule has 5 nitrogen and oxygen atoms in total. The van der Waals surface area contributed by atoms with Gasteiger partial charge in [0, 0.05) is 22.5 Å². The first kappa shape index (κ1) is 18.7. The fourth-order valence-corrected chi connectivity index (χ4v) is 6.01. The summed E-state index contributed by atoms with van der Waals surface area (Å²) in [5, 5.41) is 1.95. The summed E-state index contributed by atoms with van der Waals surface area (Å²) in [7, 11) is -3.63. The fourth-order valence-electron chi connectivity index (χ4n) is 3.72. The van der Waals surface area contributed by atoms with Gasteiger partial charge in [0.05, 0.1) is 10.9 Å². The van der Waals surface area contributed by atoms with Crippen molar-refractivity contribution in [3.05, 3.63) is 46.2 Å². The first-order chi connectivity index (χ1) is 12.9. The van der Waals surface area contributed by atoms with Crippen molar-refractivity contribution in [2.75, 3.05) is 4.90 Å². The number of nitrogens with zero attached hydrogens (tertiary/aromatic N) is 1. The van der Waals surface area contributed by atoms with E-state index < -0.39 is 10.0 Å². The summed E-state index contributed by atoms with van der Waals surface area (Å²) in [6.07, 6.45) is 3.31. The second-order valence-electron chi connectivity index (χ2n) is 7.42. The number of fused-ring (bicyclic) bond motifs is 1. The number of carbonyl (C=O) groups is 1. The quantitative estimate of drug-likeness (QED) is 0.795. The predicted octanol–water partition coefficient (Wildman–Crippen LogP) is 3.87. The van der Waals surface area contributed by atoms with Crippen LogP contribution >= 0.6 is 11.3 Å². The van der Waals surface area contributed by atoms with Crippen molar-refractivity contribution in [3.8, 4) is 0 Å². The molecule has 0 radical (unpaired) electrons. The molecule has 4 rings (SSSR count). The number of sulfonamides is 1. The molecule has 1 aliphatic carbocycles. The molecule has 0 unspecified atom stereocenters. The molecule has 1 amide bonds. The summed E-state index contributed by atoms with van der Waals surface area (Å²) in [6.45, 7) is 4.00. The summed E-state index contributed by atoms with van der Waals surface area (Å²) in [5.74, 6) is 0.332. The van der Waals surface area contributed by atoms with Crippen LogP contribution in [0.25, 0.3) is 0 Å². The van der Waals surface area contributed by atoms with E-state index in [2.05, 4.69) is 4.72 Å². The Bertz CT molecular complexity index is 950. The zero-order chi connectivity index (χ0) is 19.2. The molecule has 0 spiro atoms. The van der Waals surface area contributed by atoms with Crippen LogP contribution in [0.15, 0.2) is 40.6 Å². The van der Waals surface area contributed by atoms with Gasteiger partial charge in [0.1, 0.15) is 0 Å². The monoisotopic (exact) mass is 404 g/mol. The SMILES string of the molecule is CC[C@@H](NS(=O)(=O)c1ccc2c(c1)C[C@H](C)N2C(=O)C1CC1)c1cccs1. The Morgan fingerprint density at radius 1 is 1.33 bits per heavy atom. The van der Waals surface area contributed by atoms with Gasteiger partial charge in [0.15, 0.2) is 0 Å². The smallest absolute Gasteiger partial charge is 0.241 e. The van der Waals surface area contributed by atoms with Gasteiger partial charge in [-0.2, -0.15) is 0 Å². The van der Waals surface area contributed by atoms with E-state index in [1.54, 1.807) is 29.5 Å². The fraction of sp³-hybridized carbons (Fsp3) is 0.450. The van der Waals surface area contributed by atoms with Crippen LogP contribution in [0.1, 0.15) is 49.6 Å². The van der Waals surface area contributed by atoms with Gasteiger partial charge >= 0.3 is 0 Å². The summed E-state index contributed by atoms with van der Waals surface area (Å²) < 4.78 is 28.7. The van der Waals surface area contributed by atoms with Gasteiger partial charge in [-0.3, -0.25) is 4.79 Å². The van der Waals surface area contributed by atoms with Crippen molar-refractivity contribution >= 4 is 33.0 Å². The van der Waals surface area contributed by atoms with E-state index in [4.69, 9.17) is 0 Å². The molecule has 0 saturated heterocycles. The molecule has 1 aliphatic heterocycles. The molecule has 144 valence electrons. The zero-order valence-electron chi connectivity index (χ0n) is 15.5. The van der Waals surface area contributed by atoms with E-state index in [0.717, 1.165) is 29.0 Å². The Hall–Kier alpha value is -1.70. The Balaban J connectivity index is 1.60. The number of amides is 1. The standard InChI is InChI=1S/C20H24N2O3S2/c1-3-17(19-5-4-10-26-19)21-27(24,25)16-8-9-18-15(12-16)11-13(2)22(18)20(23)14-6-7-14/h4-5,8-10,12-14,17,21H,3,6-7,11H2,1-2H3/t13-,17+/m0/s1. The van der Waals surface area contributed by atoms with Gasteiger partial charge in [-0.05, 0) is 67.8 Å². The second-order valence-corrected chi connectivity index (χ2v) is 10.1. The number of nitrogens with one attached hydrogen (secondary N) is 1. The lowest BCUT2D eigenvalue weighted by molar-refractivity contribution is -0.120. The number of thiophene rings is 1. The molecule has 1 aromatic heterocycles. The zero-order valence-corrected chi connectivity index (χ0v) is 17.1. The minimum absolute atomic E-state index is 0.0773. The lowest BCUT2D eigenvalue weighted by atomic mass is 10.1. The van der Waals surface area contributed by atoms with Crippen LogP contribution in [0.3, 0.4) is 0 Å². The van der Waals surface area contributed by atoms with Gasteiger partial charge in [0.25, 0.3) is 0 Å². The van der Waals surface area contributed by atoms with Crippen LogP contribution in [0.4, 0.5) is 5.69 Å². The van der Waals surface area contributed by atoms with Gasteiger partial charge in [-0.1, -0.05) is 13.0 Å². The van der Waals surface area contributed by atoms with E-state index in [0.29, 0.717) is 12.8 Å². The Kier molecular flexibility index (Phi) is 4.86. The van der Waals surface area contributed by atoms with Crippen molar-refractivity contribution < 1.29 is 13.2 Å². The van der Waals surface area contributed by atoms with Crippen molar-refractivity contribution in [1.82, 2.24) is 4.72 Å². The van der Waals surface area contributed by atoms with Gasteiger partial charge in [-0.25, -0.2) is 13.1 Å². The predicted molar refractivity (Wildman–Crippen MR) is 107 cm³/mol. The maximum Gasteiger partial charge on any atom is 0.241 e. The van der Waals surface area contributed by atoms with Crippen molar-refractivity contribution in [2.24, 2.45) is 5.92 Å². The highest BCUT2D eigenvalue weighted by Gasteiger charge is 2.39. The maximum absolute atomic E-state index is 12.9. The summed E-state index contributed by atoms with van der Waals surface area (Å²) in [6, 6.07) is 8.87. The minimum atomic E-state index is -3.63. The molecule has 2 aromatic rings. The highest BCUT2D eigenvalue weighted by molar-refractivity contribution is 7.89. The molecule has 7 heteroatoms. The van der Waals surface area contributed by atoms with Crippen LogP contribution in [0.2, 0.25) is 0 Å². The molecule has 1 saturated carbocycles. The molecular weight excluding hydrogens is 380 g/mol. The Morgan fingerprint density at radius 2 is 2.11 bits per heavy atom. The molecule has 27 heavy (non-hydrogen) atoms. The molecule has 1 aromatic carbocycles. The topological polar surface area (TPSA) is 66.5 Å². The first-order valence-corrected chi connectivity index (χ1v) is 11.8. The number of hydrogen-bond acceptors (Lipinski definition) is 4. The van der Waals surface area contributed by atoms with Crippen LogP contribution in [-0.2, 0) is 21.2 Å². The third kappa shape index (κ3) is 3.56. The molecule has 0 bridgehead atoms. The van der Waals surface area contributed by atoms with Gasteiger partial charge in [-0.15, -0.1) is 11.3 Å². The number of hydrogen-bond donors (Lipinski definition) is 1. The molecule has 2 atom stereocenters. The molecule has 1 N–H and O–H groups in total. The van der Waals surface area contributed by atoms with Crippen LogP contribution < -0.4 is 9.62 Å². The van der Waals surface area contributed by atoms with Crippen LogP contribution in [0, 0.1) is 5.92 Å². The lowest BCUT2D eigenvalue weighted by Crippen LogP contribution is -2.36. The first-order valence-electron chi connectivity index (χ1n) is 9.42. The third-order valence-corrected chi connectivity index (χ3v) is 7.79. The van der Waals surface area contributed by atoms with E-state index in [1.807, 2.05) is 36.3 Å². The van der Waals surface area contributed by atoms with Gasteiger partial charge in [0.2, 0.25) is 15.9 Å². The Labute approximate surface area is 164 Å². The average Bonchev–Trinajstić information content (AvgIpc) is 3.24. The van der Waals surface area contributed by atoms with E-state index in [1.165, 1.54) is 0 Å². The van der Waals surface area contributed by atoms with E-state index >= 15 is 0 Å². The molecule has 2 aliphatic rings. The highest BCUT2D eigenvalue weighted by atomic mass is 32.2. The number of anilines is 1. The van der Waals surface area contributed by atoms with Gasteiger partial charge < -0.3 is 4.90 Å². The van der Waals surface area contributed by atoms with Crippen molar-refractivity contribution in [1.29, 1.82) is 0 Å². The Morgan fingerprint density at radius 3 is 2.74 bits per heavy atom. The highest BCUT2D eigenvalue weighted by Crippen LogP contribution is 2.39. The third-order valence-electron chi connectivity index (χ3n) is 5.33. The normalized spacial score (nSPS) is 20.5. The van der Waals surface area contributed by atoms with E-state index in [-0.39, 0.29) is 28.8 Å². The number of benzene rings is 1. The second kappa shape index (κ2) is 7.04. The van der Waals surface area contributed by atoms with Crippen molar-refractivity contribution in [3.63, 3.8) is 0 Å². The van der Waals surface area contributed by atoms with Crippen molar-refractivity contribution in [2.45, 2.75) is 56.5 Å². The summed E-state index contributed by atoms with van der Waals surface area (Å²) >= 11 is 1.55. The maximum atomic E-state index is 12.9. The lowest BCUT2D eigenvalue weighted by Gasteiger charge is -2.22. The van der Waals surface area contributed by atoms with E-state index in [9.17, 15) is 13.2 Å². The summed E-state index contributed by atoms with van der Waals surface area (Å²) in [5.41, 5.74) is 1.80. The minimum Gasteiger partial charge on any atom is -0.309 e. The summed E-state index contributed by atoms with van der Waals surface area (Å²) in [4.78, 5) is 15.7. The average molecular weight is 405 g/mol. The molecular formula is C20H24N2O3S2. The van der Waals surface area contributed by atoms with Crippen LogP contribution in [0.5, 0.6) is 0 Å².